The molecule has 0 bridgehead atoms. The molecule has 0 aromatic heterocycles. The summed E-state index contributed by atoms with van der Waals surface area (Å²) in [7, 11) is 9.41. The van der Waals surface area contributed by atoms with Gasteiger partial charge in [-0.05, 0) is 49.1 Å². The van der Waals surface area contributed by atoms with Gasteiger partial charge in [0.1, 0.15) is 11.4 Å². The fourth-order valence-corrected chi connectivity index (χ4v) is 5.21. The Morgan fingerprint density at radius 2 is 1.24 bits per heavy atom. The molecule has 0 spiro atoms. The Labute approximate surface area is 224 Å². The zero-order valence-corrected chi connectivity index (χ0v) is 23.2. The number of hydrogen-bond acceptors (Lipinski definition) is 8. The van der Waals surface area contributed by atoms with Gasteiger partial charge in [-0.15, -0.1) is 0 Å². The minimum atomic E-state index is -1.31. The van der Waals surface area contributed by atoms with Gasteiger partial charge in [-0.25, -0.2) is 0 Å². The van der Waals surface area contributed by atoms with Gasteiger partial charge in [0, 0.05) is 16.7 Å². The topological polar surface area (TPSA) is 84.8 Å². The van der Waals surface area contributed by atoms with E-state index >= 15 is 0 Å². The van der Waals surface area contributed by atoms with Crippen LogP contribution >= 0.6 is 0 Å². The number of fused-ring (bicyclic) bond motifs is 3. The molecule has 38 heavy (non-hydrogen) atoms. The quantitative estimate of drug-likeness (QED) is 0.415. The van der Waals surface area contributed by atoms with Gasteiger partial charge >= 0.3 is 0 Å². The first-order chi connectivity index (χ1) is 18.3. The summed E-state index contributed by atoms with van der Waals surface area (Å²) in [5, 5.41) is 12.1. The molecule has 0 saturated heterocycles. The summed E-state index contributed by atoms with van der Waals surface area (Å²) < 4.78 is 41.4. The van der Waals surface area contributed by atoms with E-state index in [-0.39, 0.29) is 5.92 Å². The van der Waals surface area contributed by atoms with Crippen molar-refractivity contribution >= 4 is 0 Å². The van der Waals surface area contributed by atoms with Gasteiger partial charge in [0.05, 0.1) is 42.7 Å². The van der Waals surface area contributed by atoms with E-state index in [1.807, 2.05) is 49.4 Å². The maximum atomic E-state index is 12.1. The van der Waals surface area contributed by atoms with E-state index < -0.39 is 11.7 Å². The van der Waals surface area contributed by atoms with Gasteiger partial charge in [-0.3, -0.25) is 0 Å². The van der Waals surface area contributed by atoms with E-state index in [1.165, 1.54) is 0 Å². The summed E-state index contributed by atoms with van der Waals surface area (Å²) in [4.78, 5) is 0. The van der Waals surface area contributed by atoms with Crippen LogP contribution in [0.3, 0.4) is 0 Å². The molecule has 8 nitrogen and oxygen atoms in total. The van der Waals surface area contributed by atoms with Gasteiger partial charge in [-0.1, -0.05) is 25.1 Å². The Hall–Kier alpha value is -3.78. The third kappa shape index (κ3) is 4.43. The summed E-state index contributed by atoms with van der Waals surface area (Å²) in [5.74, 6) is 3.07. The molecule has 0 heterocycles. The molecule has 4 rings (SSSR count). The smallest absolute Gasteiger partial charge is 0.203 e. The van der Waals surface area contributed by atoms with E-state index in [9.17, 15) is 5.11 Å². The molecule has 1 aliphatic carbocycles. The van der Waals surface area contributed by atoms with Crippen LogP contribution in [0.15, 0.2) is 42.5 Å². The lowest BCUT2D eigenvalue weighted by Crippen LogP contribution is -2.44. The number of hydrogen-bond donors (Lipinski definition) is 1. The highest BCUT2D eigenvalue weighted by Crippen LogP contribution is 2.58. The van der Waals surface area contributed by atoms with Crippen molar-refractivity contribution in [2.24, 2.45) is 5.92 Å². The second-order valence-corrected chi connectivity index (χ2v) is 9.43. The third-order valence-corrected chi connectivity index (χ3v) is 7.36. The molecule has 1 aliphatic rings. The normalized spacial score (nSPS) is 20.2. The summed E-state index contributed by atoms with van der Waals surface area (Å²) in [6.45, 7) is 3.79. The fourth-order valence-electron chi connectivity index (χ4n) is 5.21. The van der Waals surface area contributed by atoms with Crippen LogP contribution in [-0.2, 0) is 6.42 Å². The lowest BCUT2D eigenvalue weighted by atomic mass is 9.73. The Bertz CT molecular complexity index is 1290. The molecule has 0 radical (unpaired) electrons. The van der Waals surface area contributed by atoms with E-state index in [4.69, 9.17) is 33.2 Å². The summed E-state index contributed by atoms with van der Waals surface area (Å²) in [6.07, 6.45) is -0.320. The monoisotopic (exact) mass is 524 g/mol. The molecule has 0 aliphatic heterocycles. The van der Waals surface area contributed by atoms with Crippen molar-refractivity contribution in [2.75, 3.05) is 42.7 Å². The number of benzene rings is 3. The number of aliphatic hydroxyl groups is 1. The highest BCUT2D eigenvalue weighted by atomic mass is 16.5. The maximum absolute atomic E-state index is 12.1. The van der Waals surface area contributed by atoms with Crippen LogP contribution in [0.4, 0.5) is 0 Å². The second kappa shape index (κ2) is 10.9. The number of ether oxygens (including phenoxy) is 7. The van der Waals surface area contributed by atoms with Crippen LogP contribution in [0.5, 0.6) is 40.2 Å². The Morgan fingerprint density at radius 1 is 0.711 bits per heavy atom. The first-order valence-electron chi connectivity index (χ1n) is 12.4. The van der Waals surface area contributed by atoms with Crippen molar-refractivity contribution in [1.29, 1.82) is 0 Å². The van der Waals surface area contributed by atoms with Gasteiger partial charge in [0.25, 0.3) is 0 Å². The molecule has 3 atom stereocenters. The van der Waals surface area contributed by atoms with Crippen molar-refractivity contribution in [2.45, 2.75) is 32.0 Å². The van der Waals surface area contributed by atoms with E-state index in [0.717, 1.165) is 11.1 Å². The summed E-state index contributed by atoms with van der Waals surface area (Å²) >= 11 is 0. The molecule has 3 aromatic rings. The average Bonchev–Trinajstić information content (AvgIpc) is 2.93. The SMILES string of the molecule is COc1cc2c(c(OC)c1OC)-c1c(cc(OC)c(OC)c1OC)[C@@H](Oc1ccccc1)[C@](C)(O)C(C)C2. The second-order valence-electron chi connectivity index (χ2n) is 9.43. The molecule has 3 aromatic carbocycles. The molecular weight excluding hydrogens is 488 g/mol. The van der Waals surface area contributed by atoms with Gasteiger partial charge in [0.2, 0.25) is 11.5 Å². The first kappa shape index (κ1) is 27.3. The highest BCUT2D eigenvalue weighted by molar-refractivity contribution is 5.89. The predicted octanol–water partition coefficient (Wildman–Crippen LogP) is 5.47. The van der Waals surface area contributed by atoms with Crippen LogP contribution < -0.4 is 33.2 Å². The van der Waals surface area contributed by atoms with Gasteiger partial charge in [-0.2, -0.15) is 0 Å². The van der Waals surface area contributed by atoms with Crippen LogP contribution in [0, 0.1) is 5.92 Å². The average molecular weight is 525 g/mol. The predicted molar refractivity (Wildman–Crippen MR) is 144 cm³/mol. The molecular formula is C30H36O8. The van der Waals surface area contributed by atoms with E-state index in [0.29, 0.717) is 57.8 Å². The zero-order valence-electron chi connectivity index (χ0n) is 23.2. The highest BCUT2D eigenvalue weighted by Gasteiger charge is 2.46. The maximum Gasteiger partial charge on any atom is 0.203 e. The molecule has 0 fully saturated rings. The number of para-hydroxylation sites is 1. The van der Waals surface area contributed by atoms with Gasteiger partial charge in [0.15, 0.2) is 29.1 Å². The molecule has 0 amide bonds. The first-order valence-corrected chi connectivity index (χ1v) is 12.4. The fraction of sp³-hybridized carbons (Fsp3) is 0.400. The third-order valence-electron chi connectivity index (χ3n) is 7.36. The summed E-state index contributed by atoms with van der Waals surface area (Å²) in [5.41, 5.74) is 1.60. The van der Waals surface area contributed by atoms with Crippen LogP contribution in [0.25, 0.3) is 11.1 Å². The van der Waals surface area contributed by atoms with E-state index in [1.54, 1.807) is 49.6 Å². The minimum Gasteiger partial charge on any atom is -0.493 e. The molecule has 0 saturated carbocycles. The standard InChI is InChI=1S/C30H36O8/c1-17-14-18-15-21(32-3)25(34-5)27(36-7)23(18)24-20(16-22(33-4)26(35-6)28(24)37-8)29(30(17,2)31)38-19-12-10-9-11-13-19/h9-13,15-17,29,31H,14H2,1-8H3/t17?,29-,30-/m1/s1. The lowest BCUT2D eigenvalue weighted by Gasteiger charge is -2.41. The Balaban J connectivity index is 2.20. The van der Waals surface area contributed by atoms with Crippen molar-refractivity contribution in [3.8, 4) is 51.4 Å². The minimum absolute atomic E-state index is 0.245. The van der Waals surface area contributed by atoms with Crippen molar-refractivity contribution in [3.05, 3.63) is 53.6 Å². The van der Waals surface area contributed by atoms with Crippen LogP contribution in [0.1, 0.15) is 31.1 Å². The zero-order chi connectivity index (χ0) is 27.6. The van der Waals surface area contributed by atoms with E-state index in [2.05, 4.69) is 0 Å². The summed E-state index contributed by atoms with van der Waals surface area (Å²) in [6, 6.07) is 13.2. The lowest BCUT2D eigenvalue weighted by molar-refractivity contribution is -0.0871. The van der Waals surface area contributed by atoms with Crippen molar-refractivity contribution in [1.82, 2.24) is 0 Å². The Morgan fingerprint density at radius 3 is 1.76 bits per heavy atom. The largest absolute Gasteiger partial charge is 0.493 e. The molecule has 1 N–H and O–H groups in total. The van der Waals surface area contributed by atoms with Crippen LogP contribution in [-0.4, -0.2) is 53.4 Å². The number of methoxy groups -OCH3 is 6. The molecule has 8 heteroatoms. The van der Waals surface area contributed by atoms with Crippen LogP contribution in [0.2, 0.25) is 0 Å². The molecule has 204 valence electrons. The van der Waals surface area contributed by atoms with Gasteiger partial charge < -0.3 is 38.3 Å². The Kier molecular flexibility index (Phi) is 7.83. The van der Waals surface area contributed by atoms with Crippen molar-refractivity contribution < 1.29 is 38.3 Å². The molecule has 1 unspecified atom stereocenters. The number of rotatable bonds is 8. The van der Waals surface area contributed by atoms with Crippen molar-refractivity contribution in [3.63, 3.8) is 0 Å².